The number of aryl methyl sites for hydroxylation is 1. The van der Waals surface area contributed by atoms with Gasteiger partial charge in [-0.25, -0.2) is 9.37 Å². The Kier molecular flexibility index (Phi) is 6.29. The van der Waals surface area contributed by atoms with Crippen LogP contribution in [0.15, 0.2) is 24.4 Å². The minimum absolute atomic E-state index is 0.0285. The molecule has 2 nitrogen and oxygen atoms in total. The van der Waals surface area contributed by atoms with Crippen molar-refractivity contribution in [2.75, 3.05) is 0 Å². The molecule has 0 aliphatic rings. The minimum Gasteiger partial charge on any atom is -0.299 e. The molecule has 0 saturated carbocycles. The highest BCUT2D eigenvalue weighted by molar-refractivity contribution is 14.1. The molecule has 0 amide bonds. The molecule has 0 aliphatic heterocycles. The summed E-state index contributed by atoms with van der Waals surface area (Å²) in [6.45, 7) is 2.15. The summed E-state index contributed by atoms with van der Waals surface area (Å²) in [4.78, 5) is 17.4. The molecule has 0 radical (unpaired) electrons. The van der Waals surface area contributed by atoms with Crippen molar-refractivity contribution in [3.05, 3.63) is 49.2 Å². The maximum absolute atomic E-state index is 13.7. The Morgan fingerprint density at radius 3 is 2.90 bits per heavy atom. The van der Waals surface area contributed by atoms with Gasteiger partial charge in [0.15, 0.2) is 0 Å². The van der Waals surface area contributed by atoms with Crippen molar-refractivity contribution in [3.8, 4) is 0 Å². The number of carbonyl (C=O) groups is 1. The maximum Gasteiger partial charge on any atom is 0.142 e. The number of Topliss-reactive ketones (excluding diaryl/α,β-unsaturated/α-hetero) is 1. The van der Waals surface area contributed by atoms with Crippen LogP contribution < -0.4 is 0 Å². The van der Waals surface area contributed by atoms with Crippen molar-refractivity contribution < 1.29 is 9.18 Å². The predicted molar refractivity (Wildman–Crippen MR) is 92.3 cm³/mol. The number of thiazole rings is 1. The van der Waals surface area contributed by atoms with Crippen molar-refractivity contribution in [2.45, 2.75) is 39.0 Å². The van der Waals surface area contributed by atoms with Gasteiger partial charge in [0.25, 0.3) is 0 Å². The standard InChI is InChI=1S/C16H17FINOS/c1-2-3-4-16-19-10-14(21-16)9-13(20)7-11-5-6-12(18)8-15(11)17/h5-6,8,10H,2-4,7,9H2,1H3. The van der Waals surface area contributed by atoms with Gasteiger partial charge in [0, 0.05) is 27.5 Å². The molecule has 0 atom stereocenters. The van der Waals surface area contributed by atoms with E-state index in [1.807, 2.05) is 6.07 Å². The number of hydrogen-bond donors (Lipinski definition) is 0. The van der Waals surface area contributed by atoms with E-state index in [1.165, 1.54) is 6.07 Å². The SMILES string of the molecule is CCCCc1ncc(CC(=O)Cc2ccc(I)cc2F)s1. The summed E-state index contributed by atoms with van der Waals surface area (Å²) in [6.07, 6.45) is 5.49. The second kappa shape index (κ2) is 7.98. The van der Waals surface area contributed by atoms with Crippen LogP contribution >= 0.6 is 33.9 Å². The number of rotatable bonds is 7. The van der Waals surface area contributed by atoms with Crippen molar-refractivity contribution in [1.82, 2.24) is 4.98 Å². The molecule has 1 heterocycles. The molecular formula is C16H17FINOS. The Labute approximate surface area is 141 Å². The fourth-order valence-corrected chi connectivity index (χ4v) is 3.45. The third-order valence-electron chi connectivity index (χ3n) is 3.12. The summed E-state index contributed by atoms with van der Waals surface area (Å²) in [5, 5.41) is 1.08. The van der Waals surface area contributed by atoms with Gasteiger partial charge in [-0.3, -0.25) is 4.79 Å². The number of unbranched alkanes of at least 4 members (excludes halogenated alkanes) is 1. The van der Waals surface area contributed by atoms with Gasteiger partial charge >= 0.3 is 0 Å². The third kappa shape index (κ3) is 5.14. The van der Waals surface area contributed by atoms with E-state index in [9.17, 15) is 9.18 Å². The molecule has 0 unspecified atom stereocenters. The van der Waals surface area contributed by atoms with Gasteiger partial charge in [0.2, 0.25) is 0 Å². The monoisotopic (exact) mass is 417 g/mol. The van der Waals surface area contributed by atoms with E-state index in [0.717, 1.165) is 32.7 Å². The summed E-state index contributed by atoms with van der Waals surface area (Å²) in [5.41, 5.74) is 0.469. The minimum atomic E-state index is -0.303. The van der Waals surface area contributed by atoms with Crippen molar-refractivity contribution in [2.24, 2.45) is 0 Å². The number of hydrogen-bond acceptors (Lipinski definition) is 3. The van der Waals surface area contributed by atoms with Crippen LogP contribution in [0.25, 0.3) is 0 Å². The molecule has 0 N–H and O–H groups in total. The van der Waals surface area contributed by atoms with Crippen molar-refractivity contribution >= 4 is 39.7 Å². The summed E-state index contributed by atoms with van der Waals surface area (Å²) >= 11 is 3.65. The molecule has 0 saturated heterocycles. The van der Waals surface area contributed by atoms with Crippen LogP contribution in [0.4, 0.5) is 4.39 Å². The topological polar surface area (TPSA) is 30.0 Å². The third-order valence-corrected chi connectivity index (χ3v) is 4.85. The Bertz CT molecular complexity index is 626. The Balaban J connectivity index is 1.93. The van der Waals surface area contributed by atoms with E-state index in [-0.39, 0.29) is 18.0 Å². The lowest BCUT2D eigenvalue weighted by atomic mass is 10.1. The summed E-state index contributed by atoms with van der Waals surface area (Å²) in [5.74, 6) is -0.274. The summed E-state index contributed by atoms with van der Waals surface area (Å²) in [7, 11) is 0. The molecule has 0 bridgehead atoms. The molecule has 112 valence electrons. The van der Waals surface area contributed by atoms with Gasteiger partial charge in [0.05, 0.1) is 5.01 Å². The van der Waals surface area contributed by atoms with Crippen molar-refractivity contribution in [1.29, 1.82) is 0 Å². The molecule has 1 aromatic carbocycles. The number of nitrogens with zero attached hydrogens (tertiary/aromatic N) is 1. The van der Waals surface area contributed by atoms with E-state index in [1.54, 1.807) is 23.6 Å². The van der Waals surface area contributed by atoms with Gasteiger partial charge in [-0.1, -0.05) is 19.4 Å². The molecule has 1 aromatic heterocycles. The van der Waals surface area contributed by atoms with E-state index < -0.39 is 0 Å². The van der Waals surface area contributed by atoms with Crippen LogP contribution in [0.3, 0.4) is 0 Å². The van der Waals surface area contributed by atoms with Gasteiger partial charge in [-0.15, -0.1) is 11.3 Å². The highest BCUT2D eigenvalue weighted by Gasteiger charge is 2.11. The maximum atomic E-state index is 13.7. The summed E-state index contributed by atoms with van der Waals surface area (Å²) in [6, 6.07) is 4.97. The van der Waals surface area contributed by atoms with Gasteiger partial charge in [-0.2, -0.15) is 0 Å². The lowest BCUT2D eigenvalue weighted by Crippen LogP contribution is -2.07. The summed E-state index contributed by atoms with van der Waals surface area (Å²) < 4.78 is 14.6. The fourth-order valence-electron chi connectivity index (χ4n) is 2.01. The molecule has 0 fully saturated rings. The molecule has 0 spiro atoms. The lowest BCUT2D eigenvalue weighted by Gasteiger charge is -2.02. The van der Waals surface area contributed by atoms with Gasteiger partial charge in [0.1, 0.15) is 11.6 Å². The van der Waals surface area contributed by atoms with Crippen LogP contribution in [0.5, 0.6) is 0 Å². The lowest BCUT2D eigenvalue weighted by molar-refractivity contribution is -0.117. The average Bonchev–Trinajstić information content (AvgIpc) is 2.87. The van der Waals surface area contributed by atoms with Crippen molar-refractivity contribution in [3.63, 3.8) is 0 Å². The first-order valence-corrected chi connectivity index (χ1v) is 8.87. The Hall–Kier alpha value is -0.820. The highest BCUT2D eigenvalue weighted by Crippen LogP contribution is 2.18. The number of aromatic nitrogens is 1. The largest absolute Gasteiger partial charge is 0.299 e. The molecule has 21 heavy (non-hydrogen) atoms. The zero-order valence-electron chi connectivity index (χ0n) is 11.9. The normalized spacial score (nSPS) is 10.8. The number of carbonyl (C=O) groups excluding carboxylic acids is 1. The molecule has 0 aliphatic carbocycles. The molecule has 2 rings (SSSR count). The second-order valence-corrected chi connectivity index (χ2v) is 7.40. The highest BCUT2D eigenvalue weighted by atomic mass is 127. The van der Waals surface area contributed by atoms with Gasteiger partial charge in [-0.05, 0) is 53.1 Å². The number of ketones is 1. The van der Waals surface area contributed by atoms with Crippen LogP contribution in [0, 0.1) is 9.39 Å². The quantitative estimate of drug-likeness (QED) is 0.618. The Morgan fingerprint density at radius 2 is 2.19 bits per heavy atom. The smallest absolute Gasteiger partial charge is 0.142 e. The van der Waals surface area contributed by atoms with Crippen LogP contribution in [-0.2, 0) is 24.1 Å². The average molecular weight is 417 g/mol. The van der Waals surface area contributed by atoms with E-state index in [2.05, 4.69) is 34.5 Å². The zero-order chi connectivity index (χ0) is 15.2. The van der Waals surface area contributed by atoms with Crippen LogP contribution in [0.2, 0.25) is 0 Å². The first-order chi connectivity index (χ1) is 10.1. The Morgan fingerprint density at radius 1 is 1.38 bits per heavy atom. The second-order valence-electron chi connectivity index (χ2n) is 4.95. The van der Waals surface area contributed by atoms with Crippen LogP contribution in [0.1, 0.15) is 35.2 Å². The molecular weight excluding hydrogens is 400 g/mol. The predicted octanol–water partition coefficient (Wildman–Crippen LogP) is 4.58. The molecule has 2 aromatic rings. The van der Waals surface area contributed by atoms with Crippen LogP contribution in [-0.4, -0.2) is 10.8 Å². The number of benzene rings is 1. The molecule has 5 heteroatoms. The van der Waals surface area contributed by atoms with E-state index in [4.69, 9.17) is 0 Å². The van der Waals surface area contributed by atoms with E-state index in [0.29, 0.717) is 12.0 Å². The zero-order valence-corrected chi connectivity index (χ0v) is 14.8. The first-order valence-electron chi connectivity index (χ1n) is 6.97. The number of halogens is 2. The van der Waals surface area contributed by atoms with E-state index >= 15 is 0 Å². The van der Waals surface area contributed by atoms with Gasteiger partial charge < -0.3 is 0 Å². The first kappa shape index (κ1) is 16.5. The fraction of sp³-hybridized carbons (Fsp3) is 0.375.